The van der Waals surface area contributed by atoms with Gasteiger partial charge in [0, 0.05) is 12.4 Å². The van der Waals surface area contributed by atoms with Crippen molar-refractivity contribution in [3.63, 3.8) is 0 Å². The van der Waals surface area contributed by atoms with Gasteiger partial charge in [0.25, 0.3) is 0 Å². The number of pyridine rings is 1. The third-order valence-electron chi connectivity index (χ3n) is 2.10. The lowest BCUT2D eigenvalue weighted by atomic mass is 10.1. The van der Waals surface area contributed by atoms with Crippen LogP contribution in [0, 0.1) is 6.92 Å². The summed E-state index contributed by atoms with van der Waals surface area (Å²) in [7, 11) is 1.88. The molecule has 1 heterocycles. The number of nitrogens with one attached hydrogen (secondary N) is 1. The monoisotopic (exact) mass is 202 g/mol. The van der Waals surface area contributed by atoms with E-state index in [9.17, 15) is 0 Å². The summed E-state index contributed by atoms with van der Waals surface area (Å²) in [5.74, 6) is 0.915. The third kappa shape index (κ3) is 2.69. The molecule has 1 N–H and O–H groups in total. The van der Waals surface area contributed by atoms with Crippen molar-refractivity contribution in [3.8, 4) is 0 Å². The number of hydrogen-bond donors (Lipinski definition) is 1. The second kappa shape index (κ2) is 5.35. The van der Waals surface area contributed by atoms with Crippen LogP contribution < -0.4 is 5.32 Å². The third-order valence-corrected chi connectivity index (χ3v) is 2.10. The van der Waals surface area contributed by atoms with Crippen LogP contribution in [0.5, 0.6) is 0 Å². The van der Waals surface area contributed by atoms with Crippen molar-refractivity contribution in [2.75, 3.05) is 12.4 Å². The predicted octanol–water partition coefficient (Wildman–Crippen LogP) is 3.61. The molecule has 2 aromatic rings. The Bertz CT molecular complexity index is 435. The topological polar surface area (TPSA) is 24.9 Å². The Kier molecular flexibility index (Phi) is 4.10. The fraction of sp³-hybridized carbons (Fsp3) is 0.308. The normalized spacial score (nSPS) is 9.33. The lowest BCUT2D eigenvalue weighted by Crippen LogP contribution is -1.91. The van der Waals surface area contributed by atoms with E-state index in [-0.39, 0.29) is 0 Å². The fourth-order valence-electron chi connectivity index (χ4n) is 1.37. The summed E-state index contributed by atoms with van der Waals surface area (Å²) in [5, 5.41) is 4.21. The summed E-state index contributed by atoms with van der Waals surface area (Å²) in [4.78, 5) is 4.44. The van der Waals surface area contributed by atoms with E-state index in [2.05, 4.69) is 41.5 Å². The first-order valence-corrected chi connectivity index (χ1v) is 5.35. The van der Waals surface area contributed by atoms with E-state index in [1.165, 1.54) is 10.9 Å². The summed E-state index contributed by atoms with van der Waals surface area (Å²) in [6, 6.07) is 10.3. The number of aryl methyl sites for hydroxylation is 1. The van der Waals surface area contributed by atoms with Crippen LogP contribution in [0.3, 0.4) is 0 Å². The fourth-order valence-corrected chi connectivity index (χ4v) is 1.37. The number of aromatic nitrogens is 1. The molecule has 0 aliphatic rings. The number of anilines is 1. The summed E-state index contributed by atoms with van der Waals surface area (Å²) in [6.07, 6.45) is 0. The minimum Gasteiger partial charge on any atom is -0.373 e. The molecule has 0 atom stereocenters. The molecule has 80 valence electrons. The highest BCUT2D eigenvalue weighted by atomic mass is 15.0. The van der Waals surface area contributed by atoms with Gasteiger partial charge in [-0.05, 0) is 30.7 Å². The minimum atomic E-state index is 0.915. The Labute approximate surface area is 91.3 Å². The van der Waals surface area contributed by atoms with E-state index >= 15 is 0 Å². The van der Waals surface area contributed by atoms with Crippen LogP contribution in [0.15, 0.2) is 30.3 Å². The van der Waals surface area contributed by atoms with Crippen LogP contribution >= 0.6 is 0 Å². The van der Waals surface area contributed by atoms with Gasteiger partial charge in [-0.3, -0.25) is 0 Å². The highest BCUT2D eigenvalue weighted by Gasteiger charge is 1.95. The van der Waals surface area contributed by atoms with E-state index in [0.29, 0.717) is 0 Å². The molecule has 0 bridgehead atoms. The van der Waals surface area contributed by atoms with Gasteiger partial charge >= 0.3 is 0 Å². The average molecular weight is 202 g/mol. The minimum absolute atomic E-state index is 0.915. The van der Waals surface area contributed by atoms with Crippen LogP contribution in [0.25, 0.3) is 10.9 Å². The van der Waals surface area contributed by atoms with Crippen LogP contribution in [0.2, 0.25) is 0 Å². The maximum Gasteiger partial charge on any atom is 0.126 e. The zero-order valence-electron chi connectivity index (χ0n) is 9.83. The number of benzene rings is 1. The molecule has 0 radical (unpaired) electrons. The summed E-state index contributed by atoms with van der Waals surface area (Å²) in [5.41, 5.74) is 2.29. The smallest absolute Gasteiger partial charge is 0.126 e. The van der Waals surface area contributed by atoms with Gasteiger partial charge in [0.1, 0.15) is 5.82 Å². The Hall–Kier alpha value is -1.57. The quantitative estimate of drug-likeness (QED) is 0.764. The molecule has 15 heavy (non-hydrogen) atoms. The zero-order valence-corrected chi connectivity index (χ0v) is 9.83. The van der Waals surface area contributed by atoms with Gasteiger partial charge < -0.3 is 5.32 Å². The van der Waals surface area contributed by atoms with Gasteiger partial charge in [0.05, 0.1) is 5.52 Å². The molecule has 0 aliphatic heterocycles. The molecule has 1 aromatic carbocycles. The van der Waals surface area contributed by atoms with Gasteiger partial charge in [-0.1, -0.05) is 26.0 Å². The Morgan fingerprint density at radius 1 is 1.07 bits per heavy atom. The van der Waals surface area contributed by atoms with E-state index in [0.717, 1.165) is 11.3 Å². The molecular formula is C13H18N2. The highest BCUT2D eigenvalue weighted by Crippen LogP contribution is 2.15. The lowest BCUT2D eigenvalue weighted by Gasteiger charge is -2.02. The van der Waals surface area contributed by atoms with Crippen molar-refractivity contribution in [3.05, 3.63) is 35.9 Å². The van der Waals surface area contributed by atoms with E-state index in [4.69, 9.17) is 0 Å². The van der Waals surface area contributed by atoms with Gasteiger partial charge in [0.2, 0.25) is 0 Å². The molecule has 0 amide bonds. The summed E-state index contributed by atoms with van der Waals surface area (Å²) in [6.45, 7) is 6.08. The van der Waals surface area contributed by atoms with Crippen LogP contribution in [-0.4, -0.2) is 12.0 Å². The standard InChI is InChI=1S/C11H12N2.C2H6/c1-8-3-4-9-5-6-11(12-2)13-10(9)7-8;1-2/h3-7H,1-2H3,(H,12,13);1-2H3. The zero-order chi connectivity index (χ0) is 11.3. The number of nitrogens with zero attached hydrogens (tertiary/aromatic N) is 1. The molecule has 0 saturated heterocycles. The van der Waals surface area contributed by atoms with Crippen molar-refractivity contribution in [2.24, 2.45) is 0 Å². The molecule has 0 spiro atoms. The van der Waals surface area contributed by atoms with Gasteiger partial charge in [-0.25, -0.2) is 4.98 Å². The summed E-state index contributed by atoms with van der Waals surface area (Å²) >= 11 is 0. The van der Waals surface area contributed by atoms with Crippen molar-refractivity contribution >= 4 is 16.7 Å². The number of rotatable bonds is 1. The molecule has 0 aliphatic carbocycles. The van der Waals surface area contributed by atoms with Crippen LogP contribution in [0.4, 0.5) is 5.82 Å². The van der Waals surface area contributed by atoms with Gasteiger partial charge in [-0.15, -0.1) is 0 Å². The summed E-state index contributed by atoms with van der Waals surface area (Å²) < 4.78 is 0. The number of fused-ring (bicyclic) bond motifs is 1. The maximum absolute atomic E-state index is 4.44. The van der Waals surface area contributed by atoms with E-state index < -0.39 is 0 Å². The lowest BCUT2D eigenvalue weighted by molar-refractivity contribution is 1.33. The highest BCUT2D eigenvalue weighted by molar-refractivity contribution is 5.80. The molecular weight excluding hydrogens is 184 g/mol. The first-order chi connectivity index (χ1) is 7.29. The maximum atomic E-state index is 4.44. The average Bonchev–Trinajstić information content (AvgIpc) is 2.30. The van der Waals surface area contributed by atoms with E-state index in [1.54, 1.807) is 0 Å². The molecule has 0 fully saturated rings. The van der Waals surface area contributed by atoms with Gasteiger partial charge in [0.15, 0.2) is 0 Å². The van der Waals surface area contributed by atoms with E-state index in [1.807, 2.05) is 27.0 Å². The first-order valence-electron chi connectivity index (χ1n) is 5.35. The number of hydrogen-bond acceptors (Lipinski definition) is 2. The van der Waals surface area contributed by atoms with Crippen molar-refractivity contribution in [1.29, 1.82) is 0 Å². The SMILES string of the molecule is CC.CNc1ccc2ccc(C)cc2n1. The Morgan fingerprint density at radius 3 is 2.40 bits per heavy atom. The molecule has 1 aromatic heterocycles. The molecule has 2 rings (SSSR count). The second-order valence-corrected chi connectivity index (χ2v) is 3.14. The van der Waals surface area contributed by atoms with Crippen LogP contribution in [-0.2, 0) is 0 Å². The largest absolute Gasteiger partial charge is 0.373 e. The second-order valence-electron chi connectivity index (χ2n) is 3.14. The predicted molar refractivity (Wildman–Crippen MR) is 67.4 cm³/mol. The van der Waals surface area contributed by atoms with Crippen LogP contribution in [0.1, 0.15) is 19.4 Å². The van der Waals surface area contributed by atoms with Gasteiger partial charge in [-0.2, -0.15) is 0 Å². The molecule has 2 nitrogen and oxygen atoms in total. The Balaban J connectivity index is 0.000000531. The molecule has 0 unspecified atom stereocenters. The Morgan fingerprint density at radius 2 is 1.73 bits per heavy atom. The van der Waals surface area contributed by atoms with Crippen molar-refractivity contribution in [1.82, 2.24) is 4.98 Å². The van der Waals surface area contributed by atoms with Crippen molar-refractivity contribution < 1.29 is 0 Å². The molecule has 0 saturated carbocycles. The first kappa shape index (κ1) is 11.5. The molecule has 2 heteroatoms. The van der Waals surface area contributed by atoms with Crippen molar-refractivity contribution in [2.45, 2.75) is 20.8 Å².